The molecule has 2 amide bonds. The summed E-state index contributed by atoms with van der Waals surface area (Å²) in [7, 11) is 0. The average molecular weight is 402 g/mol. The van der Waals surface area contributed by atoms with E-state index in [2.05, 4.69) is 19.2 Å². The summed E-state index contributed by atoms with van der Waals surface area (Å²) in [5.41, 5.74) is 1.98. The van der Waals surface area contributed by atoms with Gasteiger partial charge in [-0.15, -0.1) is 11.3 Å². The van der Waals surface area contributed by atoms with E-state index >= 15 is 0 Å². The van der Waals surface area contributed by atoms with Crippen LogP contribution in [0.3, 0.4) is 0 Å². The van der Waals surface area contributed by atoms with Gasteiger partial charge in [-0.2, -0.15) is 0 Å². The summed E-state index contributed by atoms with van der Waals surface area (Å²) in [6, 6.07) is 6.04. The van der Waals surface area contributed by atoms with Crippen LogP contribution >= 0.6 is 11.3 Å². The Balaban J connectivity index is 1.63. The monoisotopic (exact) mass is 401 g/mol. The molecule has 2 aromatic rings. The molecule has 7 heteroatoms. The second-order valence-corrected chi connectivity index (χ2v) is 8.51. The van der Waals surface area contributed by atoms with Gasteiger partial charge in [0.25, 0.3) is 11.8 Å². The van der Waals surface area contributed by atoms with Gasteiger partial charge >= 0.3 is 0 Å². The fraction of sp³-hybridized carbons (Fsp3) is 0.524. The highest BCUT2D eigenvalue weighted by Crippen LogP contribution is 2.27. The normalized spacial score (nSPS) is 20.1. The lowest BCUT2D eigenvalue weighted by molar-refractivity contribution is 0.0683. The number of fused-ring (bicyclic) bond motifs is 1. The molecule has 0 aliphatic carbocycles. The van der Waals surface area contributed by atoms with Crippen molar-refractivity contribution in [2.45, 2.75) is 58.3 Å². The molecule has 1 unspecified atom stereocenters. The maximum atomic E-state index is 13.2. The molecule has 1 fully saturated rings. The number of likely N-dealkylation sites (tertiary alicyclic amines) is 1. The summed E-state index contributed by atoms with van der Waals surface area (Å²) in [4.78, 5) is 29.3. The quantitative estimate of drug-likeness (QED) is 0.833. The Morgan fingerprint density at radius 2 is 2.25 bits per heavy atom. The van der Waals surface area contributed by atoms with Gasteiger partial charge in [0.1, 0.15) is 5.69 Å². The van der Waals surface area contributed by atoms with Crippen molar-refractivity contribution < 1.29 is 14.3 Å². The molecule has 1 N–H and O–H groups in total. The molecule has 4 heterocycles. The summed E-state index contributed by atoms with van der Waals surface area (Å²) in [5.74, 6) is -0.111. The van der Waals surface area contributed by atoms with Crippen LogP contribution in [-0.4, -0.2) is 40.5 Å². The zero-order valence-corrected chi connectivity index (χ0v) is 17.3. The molecular weight excluding hydrogens is 374 g/mol. The van der Waals surface area contributed by atoms with Crippen molar-refractivity contribution in [2.24, 2.45) is 0 Å². The first kappa shape index (κ1) is 19.2. The lowest BCUT2D eigenvalue weighted by Gasteiger charge is -2.24. The maximum Gasteiger partial charge on any atom is 0.270 e. The number of carbonyl (C=O) groups excluding carboxylic acids is 2. The van der Waals surface area contributed by atoms with Crippen LogP contribution in [0.4, 0.5) is 0 Å². The second-order valence-electron chi connectivity index (χ2n) is 7.53. The molecule has 2 aromatic heterocycles. The van der Waals surface area contributed by atoms with Gasteiger partial charge in [-0.25, -0.2) is 0 Å². The fourth-order valence-corrected chi connectivity index (χ4v) is 5.04. The Bertz CT molecular complexity index is 859. The molecule has 0 bridgehead atoms. The second kappa shape index (κ2) is 8.09. The average Bonchev–Trinajstić information content (AvgIpc) is 3.45. The predicted molar refractivity (Wildman–Crippen MR) is 109 cm³/mol. The highest BCUT2D eigenvalue weighted by molar-refractivity contribution is 7.10. The van der Waals surface area contributed by atoms with Gasteiger partial charge in [-0.1, -0.05) is 13.0 Å². The first-order valence-electron chi connectivity index (χ1n) is 10.1. The van der Waals surface area contributed by atoms with E-state index in [0.717, 1.165) is 36.4 Å². The Morgan fingerprint density at radius 3 is 2.93 bits per heavy atom. The summed E-state index contributed by atoms with van der Waals surface area (Å²) in [6.07, 6.45) is 2.89. The van der Waals surface area contributed by atoms with Crippen molar-refractivity contribution in [3.63, 3.8) is 0 Å². The number of thiophene rings is 1. The third-order valence-electron chi connectivity index (χ3n) is 5.78. The number of ether oxygens (including phenoxy) is 1. The number of rotatable bonds is 5. The lowest BCUT2D eigenvalue weighted by Crippen LogP contribution is -2.35. The molecule has 2 aliphatic rings. The summed E-state index contributed by atoms with van der Waals surface area (Å²) in [6.45, 7) is 6.47. The van der Waals surface area contributed by atoms with E-state index in [4.69, 9.17) is 4.74 Å². The van der Waals surface area contributed by atoms with E-state index in [1.807, 2.05) is 27.0 Å². The van der Waals surface area contributed by atoms with E-state index in [1.54, 1.807) is 17.4 Å². The van der Waals surface area contributed by atoms with Gasteiger partial charge in [0.2, 0.25) is 0 Å². The highest BCUT2D eigenvalue weighted by Gasteiger charge is 2.32. The molecule has 0 spiro atoms. The Hall–Kier alpha value is -2.12. The molecule has 28 heavy (non-hydrogen) atoms. The standard InChI is InChI=1S/C21H27N3O3S/c1-3-16(19-7-5-11-28-19)22-20(25)15-12-17(24-9-10-27-13-18(15)24)21(26)23-8-4-6-14(23)2/h5,7,11-12,14,16H,3-4,6,8-10,13H2,1-2H3,(H,22,25)/t14?,16-/m1/s1. The third-order valence-corrected chi connectivity index (χ3v) is 6.77. The van der Waals surface area contributed by atoms with E-state index in [1.165, 1.54) is 0 Å². The predicted octanol–water partition coefficient (Wildman–Crippen LogP) is 3.59. The molecular formula is C21H27N3O3S. The number of amides is 2. The Labute approximate surface area is 169 Å². The summed E-state index contributed by atoms with van der Waals surface area (Å²) >= 11 is 1.64. The lowest BCUT2D eigenvalue weighted by atomic mass is 10.1. The number of hydrogen-bond acceptors (Lipinski definition) is 4. The van der Waals surface area contributed by atoms with Crippen molar-refractivity contribution in [1.82, 2.24) is 14.8 Å². The first-order valence-corrected chi connectivity index (χ1v) is 10.9. The molecule has 2 atom stereocenters. The topological polar surface area (TPSA) is 63.6 Å². The van der Waals surface area contributed by atoms with Gasteiger partial charge < -0.3 is 19.5 Å². The Morgan fingerprint density at radius 1 is 1.39 bits per heavy atom. The van der Waals surface area contributed by atoms with Gasteiger partial charge in [0.15, 0.2) is 0 Å². The Kier molecular flexibility index (Phi) is 5.55. The number of nitrogens with zero attached hydrogens (tertiary/aromatic N) is 2. The minimum Gasteiger partial charge on any atom is -0.373 e. The minimum atomic E-state index is -0.136. The van der Waals surface area contributed by atoms with Gasteiger partial charge in [-0.3, -0.25) is 9.59 Å². The van der Waals surface area contributed by atoms with Crippen LogP contribution in [0.2, 0.25) is 0 Å². The third kappa shape index (κ3) is 3.49. The van der Waals surface area contributed by atoms with Gasteiger partial charge in [0.05, 0.1) is 30.5 Å². The maximum absolute atomic E-state index is 13.2. The van der Waals surface area contributed by atoms with Gasteiger partial charge in [0, 0.05) is 24.0 Å². The molecule has 150 valence electrons. The summed E-state index contributed by atoms with van der Waals surface area (Å²) in [5, 5.41) is 5.16. The van der Waals surface area contributed by atoms with Crippen molar-refractivity contribution >= 4 is 23.2 Å². The molecule has 6 nitrogen and oxygen atoms in total. The highest BCUT2D eigenvalue weighted by atomic mass is 32.1. The zero-order chi connectivity index (χ0) is 19.7. The molecule has 0 aromatic carbocycles. The van der Waals surface area contributed by atoms with Crippen LogP contribution in [0.5, 0.6) is 0 Å². The van der Waals surface area contributed by atoms with Crippen LogP contribution in [0.1, 0.15) is 70.6 Å². The molecule has 0 saturated carbocycles. The minimum absolute atomic E-state index is 0.0229. The largest absolute Gasteiger partial charge is 0.373 e. The number of carbonyl (C=O) groups is 2. The summed E-state index contributed by atoms with van der Waals surface area (Å²) < 4.78 is 7.59. The van der Waals surface area contributed by atoms with Crippen molar-refractivity contribution in [3.8, 4) is 0 Å². The number of aromatic nitrogens is 1. The van der Waals surface area contributed by atoms with E-state index in [9.17, 15) is 9.59 Å². The van der Waals surface area contributed by atoms with Crippen molar-refractivity contribution in [1.29, 1.82) is 0 Å². The number of hydrogen-bond donors (Lipinski definition) is 1. The van der Waals surface area contributed by atoms with Gasteiger partial charge in [-0.05, 0) is 43.7 Å². The molecule has 1 saturated heterocycles. The SMILES string of the molecule is CC[C@@H](NC(=O)c1cc(C(=O)N2CCCC2C)n2c1COCC2)c1cccs1. The fourth-order valence-electron chi connectivity index (χ4n) is 4.18. The smallest absolute Gasteiger partial charge is 0.270 e. The van der Waals surface area contributed by atoms with E-state index in [0.29, 0.717) is 31.0 Å². The van der Waals surface area contributed by atoms with Crippen LogP contribution in [0, 0.1) is 0 Å². The van der Waals surface area contributed by atoms with Crippen molar-refractivity contribution in [3.05, 3.63) is 45.4 Å². The molecule has 0 radical (unpaired) electrons. The number of nitrogens with one attached hydrogen (secondary N) is 1. The molecule has 4 rings (SSSR count). The van der Waals surface area contributed by atoms with Crippen LogP contribution in [-0.2, 0) is 17.9 Å². The molecule has 2 aliphatic heterocycles. The van der Waals surface area contributed by atoms with Crippen LogP contribution in [0.25, 0.3) is 0 Å². The van der Waals surface area contributed by atoms with E-state index in [-0.39, 0.29) is 23.9 Å². The first-order chi connectivity index (χ1) is 13.6. The van der Waals surface area contributed by atoms with Crippen LogP contribution < -0.4 is 5.32 Å². The zero-order valence-electron chi connectivity index (χ0n) is 16.4. The van der Waals surface area contributed by atoms with Crippen LogP contribution in [0.15, 0.2) is 23.6 Å². The van der Waals surface area contributed by atoms with E-state index < -0.39 is 0 Å². The van der Waals surface area contributed by atoms with Crippen molar-refractivity contribution in [2.75, 3.05) is 13.2 Å².